The Hall–Kier alpha value is -3.28. The van der Waals surface area contributed by atoms with Crippen molar-refractivity contribution in [2.45, 2.75) is 148 Å². The number of hydrogen-bond donors (Lipinski definition) is 2. The van der Waals surface area contributed by atoms with Crippen LogP contribution in [0.15, 0.2) is 72.1 Å². The number of nitrogens with zero attached hydrogens (tertiary/aromatic N) is 1. The molecule has 5 rings (SSSR count). The number of carbonyl (C=O) groups excluding carboxylic acids is 2. The number of amides is 3. The molecular weight excluding hydrogens is 675 g/mol. The number of benzene rings is 2. The molecule has 3 amide bonds. The monoisotopic (exact) mass is 733 g/mol. The molecule has 3 aromatic rings. The molecule has 2 aromatic carbocycles. The highest BCUT2D eigenvalue weighted by Crippen LogP contribution is 2.40. The van der Waals surface area contributed by atoms with E-state index in [0.717, 1.165) is 28.8 Å². The Bertz CT molecular complexity index is 1490. The third-order valence-electron chi connectivity index (χ3n) is 9.74. The Morgan fingerprint density at radius 3 is 2.17 bits per heavy atom. The van der Waals surface area contributed by atoms with E-state index in [1.807, 2.05) is 91.7 Å². The standard InChI is InChI=1S/C42H59N3O6S/c1-5-6-7-8-9-10-11-12-13-17-26-48-40-39-38(50-42(3,4)51-39)37(49-40)31(2)43-41(47)44-34-24-22-32(23-25-34)28-36(46)45(30-35-21-18-27-52-35)29-33-19-15-14-16-20-33/h14-16,18-25,27,31,37-40H,5-13,17,26,28-30H2,1-4H3,(H2,43,44,47)/t31-,37+,38-,39-,40-/m0/s1. The second-order valence-corrected chi connectivity index (χ2v) is 15.7. The smallest absolute Gasteiger partial charge is 0.319 e. The highest BCUT2D eigenvalue weighted by atomic mass is 32.1. The fraction of sp³-hybridized carbons (Fsp3) is 0.571. The van der Waals surface area contributed by atoms with E-state index in [1.54, 1.807) is 11.3 Å². The third-order valence-corrected chi connectivity index (χ3v) is 10.6. The lowest BCUT2D eigenvalue weighted by molar-refractivity contribution is -0.235. The van der Waals surface area contributed by atoms with Gasteiger partial charge in [-0.05, 0) is 61.9 Å². The Morgan fingerprint density at radius 2 is 1.50 bits per heavy atom. The summed E-state index contributed by atoms with van der Waals surface area (Å²) in [6.07, 6.45) is 11.2. The maximum atomic E-state index is 13.5. The molecule has 0 radical (unpaired) electrons. The van der Waals surface area contributed by atoms with Crippen LogP contribution in [0.4, 0.5) is 10.5 Å². The number of anilines is 1. The van der Waals surface area contributed by atoms with Crippen LogP contribution in [0.5, 0.6) is 0 Å². The van der Waals surface area contributed by atoms with Gasteiger partial charge in [-0.2, -0.15) is 0 Å². The molecule has 2 aliphatic rings. The first-order chi connectivity index (χ1) is 25.2. The molecule has 0 spiro atoms. The van der Waals surface area contributed by atoms with E-state index in [4.69, 9.17) is 18.9 Å². The van der Waals surface area contributed by atoms with Crippen LogP contribution in [0.25, 0.3) is 0 Å². The number of thiophene rings is 1. The lowest BCUT2D eigenvalue weighted by Gasteiger charge is -2.27. The molecule has 1 aromatic heterocycles. The average Bonchev–Trinajstić information content (AvgIpc) is 3.84. The fourth-order valence-electron chi connectivity index (χ4n) is 6.99. The van der Waals surface area contributed by atoms with Gasteiger partial charge in [0.2, 0.25) is 5.91 Å². The first-order valence-electron chi connectivity index (χ1n) is 19.3. The van der Waals surface area contributed by atoms with Gasteiger partial charge in [0.15, 0.2) is 12.1 Å². The van der Waals surface area contributed by atoms with Gasteiger partial charge < -0.3 is 34.5 Å². The normalized spacial score (nSPS) is 21.1. The predicted octanol–water partition coefficient (Wildman–Crippen LogP) is 9.21. The summed E-state index contributed by atoms with van der Waals surface area (Å²) < 4.78 is 24.9. The van der Waals surface area contributed by atoms with Crippen molar-refractivity contribution in [3.05, 3.63) is 88.1 Å². The van der Waals surface area contributed by atoms with Crippen LogP contribution in [0, 0.1) is 0 Å². The predicted molar refractivity (Wildman–Crippen MR) is 207 cm³/mol. The zero-order valence-electron chi connectivity index (χ0n) is 31.5. The molecule has 2 N–H and O–H groups in total. The van der Waals surface area contributed by atoms with Crippen LogP contribution in [0.3, 0.4) is 0 Å². The van der Waals surface area contributed by atoms with Crippen LogP contribution < -0.4 is 10.6 Å². The van der Waals surface area contributed by atoms with E-state index in [1.165, 1.54) is 51.4 Å². The molecule has 10 heteroatoms. The molecule has 2 saturated heterocycles. The van der Waals surface area contributed by atoms with Gasteiger partial charge in [0.25, 0.3) is 0 Å². The molecule has 0 aliphatic carbocycles. The fourth-order valence-corrected chi connectivity index (χ4v) is 7.71. The molecular formula is C42H59N3O6S. The van der Waals surface area contributed by atoms with E-state index in [9.17, 15) is 9.59 Å². The van der Waals surface area contributed by atoms with Gasteiger partial charge in [-0.25, -0.2) is 4.79 Å². The summed E-state index contributed by atoms with van der Waals surface area (Å²) in [7, 11) is 0. The summed E-state index contributed by atoms with van der Waals surface area (Å²) in [4.78, 5) is 29.6. The topological polar surface area (TPSA) is 98.4 Å². The molecule has 2 fully saturated rings. The Balaban J connectivity index is 1.06. The lowest BCUT2D eigenvalue weighted by atomic mass is 10.1. The number of urea groups is 1. The van der Waals surface area contributed by atoms with Gasteiger partial charge in [0, 0.05) is 23.7 Å². The number of fused-ring (bicyclic) bond motifs is 1. The van der Waals surface area contributed by atoms with Gasteiger partial charge >= 0.3 is 6.03 Å². The number of carbonyl (C=O) groups is 2. The van der Waals surface area contributed by atoms with Crippen LogP contribution in [-0.2, 0) is 43.3 Å². The van der Waals surface area contributed by atoms with Crippen molar-refractivity contribution in [2.75, 3.05) is 11.9 Å². The van der Waals surface area contributed by atoms with Crippen LogP contribution in [0.2, 0.25) is 0 Å². The maximum Gasteiger partial charge on any atom is 0.319 e. The number of rotatable bonds is 21. The largest absolute Gasteiger partial charge is 0.350 e. The number of ether oxygens (including phenoxy) is 4. The van der Waals surface area contributed by atoms with Crippen LogP contribution in [-0.4, -0.2) is 59.9 Å². The van der Waals surface area contributed by atoms with Crippen LogP contribution in [0.1, 0.15) is 108 Å². The summed E-state index contributed by atoms with van der Waals surface area (Å²) >= 11 is 1.65. The highest BCUT2D eigenvalue weighted by molar-refractivity contribution is 7.09. The minimum absolute atomic E-state index is 0.0477. The van der Waals surface area contributed by atoms with Crippen molar-refractivity contribution in [2.24, 2.45) is 0 Å². The van der Waals surface area contributed by atoms with Crippen molar-refractivity contribution in [3.63, 3.8) is 0 Å². The Kier molecular flexibility index (Phi) is 15.5. The summed E-state index contributed by atoms with van der Waals surface area (Å²) in [5.74, 6) is -0.713. The lowest BCUT2D eigenvalue weighted by Crippen LogP contribution is -2.48. The molecule has 284 valence electrons. The van der Waals surface area contributed by atoms with Crippen LogP contribution >= 0.6 is 11.3 Å². The van der Waals surface area contributed by atoms with E-state index in [0.29, 0.717) is 25.4 Å². The van der Waals surface area contributed by atoms with Gasteiger partial charge in [-0.15, -0.1) is 11.3 Å². The first-order valence-corrected chi connectivity index (χ1v) is 20.2. The number of unbranched alkanes of at least 4 members (excludes halogenated alkanes) is 9. The second-order valence-electron chi connectivity index (χ2n) is 14.7. The third kappa shape index (κ3) is 12.4. The Labute approximate surface area is 314 Å². The molecule has 5 atom stereocenters. The zero-order valence-corrected chi connectivity index (χ0v) is 32.3. The molecule has 0 bridgehead atoms. The number of nitrogens with one attached hydrogen (secondary N) is 2. The quantitative estimate of drug-likeness (QED) is 0.106. The Morgan fingerprint density at radius 1 is 0.827 bits per heavy atom. The average molecular weight is 734 g/mol. The molecule has 3 heterocycles. The van der Waals surface area contributed by atoms with Crippen molar-refractivity contribution in [3.8, 4) is 0 Å². The number of hydrogen-bond acceptors (Lipinski definition) is 7. The highest BCUT2D eigenvalue weighted by Gasteiger charge is 2.57. The van der Waals surface area contributed by atoms with Crippen molar-refractivity contribution < 1.29 is 28.5 Å². The van der Waals surface area contributed by atoms with Crippen molar-refractivity contribution in [1.82, 2.24) is 10.2 Å². The second kappa shape index (κ2) is 20.3. The van der Waals surface area contributed by atoms with Crippen molar-refractivity contribution >= 4 is 29.0 Å². The summed E-state index contributed by atoms with van der Waals surface area (Å²) in [6, 6.07) is 20.8. The van der Waals surface area contributed by atoms with E-state index >= 15 is 0 Å². The molecule has 0 saturated carbocycles. The van der Waals surface area contributed by atoms with Gasteiger partial charge in [0.1, 0.15) is 18.3 Å². The maximum absolute atomic E-state index is 13.5. The molecule has 0 unspecified atom stereocenters. The SMILES string of the molecule is CCCCCCCCCCCCO[C@H]1O[C@H]([C@H](C)NC(=O)Nc2ccc(CC(=O)N(Cc3ccccc3)Cc3cccs3)cc2)[C@@H]2OC(C)(C)O[C@H]12. The van der Waals surface area contributed by atoms with Crippen molar-refractivity contribution in [1.29, 1.82) is 0 Å². The van der Waals surface area contributed by atoms with Gasteiger partial charge in [0.05, 0.1) is 19.0 Å². The zero-order chi connectivity index (χ0) is 36.8. The minimum atomic E-state index is -0.760. The molecule has 2 aliphatic heterocycles. The van der Waals surface area contributed by atoms with Gasteiger partial charge in [-0.1, -0.05) is 113 Å². The first kappa shape index (κ1) is 39.9. The minimum Gasteiger partial charge on any atom is -0.350 e. The summed E-state index contributed by atoms with van der Waals surface area (Å²) in [5.41, 5.74) is 2.60. The molecule has 9 nitrogen and oxygen atoms in total. The van der Waals surface area contributed by atoms with Gasteiger partial charge in [-0.3, -0.25) is 4.79 Å². The molecule has 52 heavy (non-hydrogen) atoms. The van der Waals surface area contributed by atoms with E-state index in [-0.39, 0.29) is 36.6 Å². The summed E-state index contributed by atoms with van der Waals surface area (Å²) in [6.45, 7) is 9.67. The van der Waals surface area contributed by atoms with E-state index < -0.39 is 18.2 Å². The summed E-state index contributed by atoms with van der Waals surface area (Å²) in [5, 5.41) is 7.98. The van der Waals surface area contributed by atoms with E-state index in [2.05, 4.69) is 23.6 Å².